The maximum Gasteiger partial charge on any atom is 0.257 e. The monoisotopic (exact) mass is 561 g/mol. The Bertz CT molecular complexity index is 1420. The number of ether oxygens (including phenoxy) is 2. The summed E-state index contributed by atoms with van der Waals surface area (Å²) in [6, 6.07) is 20.1. The Morgan fingerprint density at radius 1 is 0.900 bits per heavy atom. The minimum absolute atomic E-state index is 0.0404. The van der Waals surface area contributed by atoms with E-state index < -0.39 is 0 Å². The summed E-state index contributed by atoms with van der Waals surface area (Å²) in [5, 5.41) is 3.73. The number of unbranched alkanes of at least 4 members (excludes halogenated alkanes) is 3. The standard InChI is InChI=1S/C33H40ClN3O3/c1-24-14-15-25(2)31(21-24)40-23-33(38)35-18-8-4-5-13-32-36-29-11-6-7-12-30(29)37(32)19-9-10-20-39-27-16-17-28(34)26(3)22-27/h6-7,11-12,14-17,21-22H,4-5,8-10,13,18-20,23H2,1-3H3,(H,35,38). The Labute approximate surface area is 242 Å². The topological polar surface area (TPSA) is 65.4 Å². The molecular formula is C33H40ClN3O3. The van der Waals surface area contributed by atoms with Crippen molar-refractivity contribution in [1.82, 2.24) is 14.9 Å². The fourth-order valence-corrected chi connectivity index (χ4v) is 4.82. The number of nitrogens with one attached hydrogen (secondary N) is 1. The number of imidazole rings is 1. The number of hydrogen-bond donors (Lipinski definition) is 1. The maximum atomic E-state index is 12.2. The van der Waals surface area contributed by atoms with Crippen molar-refractivity contribution in [2.75, 3.05) is 19.8 Å². The van der Waals surface area contributed by atoms with E-state index in [0.29, 0.717) is 13.2 Å². The summed E-state index contributed by atoms with van der Waals surface area (Å²) in [6.45, 7) is 8.26. The van der Waals surface area contributed by atoms with Crippen LogP contribution in [0.15, 0.2) is 60.7 Å². The zero-order valence-electron chi connectivity index (χ0n) is 23.8. The van der Waals surface area contributed by atoms with Crippen molar-refractivity contribution in [1.29, 1.82) is 0 Å². The number of amides is 1. The van der Waals surface area contributed by atoms with Crippen LogP contribution in [0.3, 0.4) is 0 Å². The van der Waals surface area contributed by atoms with Gasteiger partial charge in [0.15, 0.2) is 6.61 Å². The zero-order valence-corrected chi connectivity index (χ0v) is 24.6. The highest BCUT2D eigenvalue weighted by molar-refractivity contribution is 6.31. The van der Waals surface area contributed by atoms with Crippen LogP contribution in [0.5, 0.6) is 11.5 Å². The Hall–Kier alpha value is -3.51. The molecule has 0 saturated heterocycles. The first-order valence-electron chi connectivity index (χ1n) is 14.2. The van der Waals surface area contributed by atoms with Gasteiger partial charge in [-0.05, 0) is 99.5 Å². The predicted octanol–water partition coefficient (Wildman–Crippen LogP) is 7.38. The molecule has 212 valence electrons. The lowest BCUT2D eigenvalue weighted by Gasteiger charge is -2.11. The molecule has 0 aliphatic heterocycles. The van der Waals surface area contributed by atoms with Crippen LogP contribution in [0.1, 0.15) is 54.6 Å². The third-order valence-corrected chi connectivity index (χ3v) is 7.43. The van der Waals surface area contributed by atoms with E-state index in [0.717, 1.165) is 89.6 Å². The molecule has 7 heteroatoms. The summed E-state index contributed by atoms with van der Waals surface area (Å²) in [7, 11) is 0. The van der Waals surface area contributed by atoms with Crippen LogP contribution in [0.2, 0.25) is 5.02 Å². The highest BCUT2D eigenvalue weighted by atomic mass is 35.5. The highest BCUT2D eigenvalue weighted by Crippen LogP contribution is 2.22. The SMILES string of the molecule is Cc1ccc(C)c(OCC(=O)NCCCCCc2nc3ccccc3n2CCCCOc2ccc(Cl)c(C)c2)c1. The van der Waals surface area contributed by atoms with Gasteiger partial charge in [0, 0.05) is 24.5 Å². The number of carbonyl (C=O) groups is 1. The summed E-state index contributed by atoms with van der Waals surface area (Å²) in [6.07, 6.45) is 5.86. The van der Waals surface area contributed by atoms with Gasteiger partial charge in [0.25, 0.3) is 5.91 Å². The maximum absolute atomic E-state index is 12.2. The predicted molar refractivity (Wildman–Crippen MR) is 163 cm³/mol. The van der Waals surface area contributed by atoms with Gasteiger partial charge in [-0.3, -0.25) is 4.79 Å². The van der Waals surface area contributed by atoms with Gasteiger partial charge in [0.05, 0.1) is 17.6 Å². The molecule has 0 radical (unpaired) electrons. The number of fused-ring (bicyclic) bond motifs is 1. The van der Waals surface area contributed by atoms with E-state index in [4.69, 9.17) is 26.1 Å². The van der Waals surface area contributed by atoms with E-state index in [-0.39, 0.29) is 12.5 Å². The van der Waals surface area contributed by atoms with E-state index >= 15 is 0 Å². The van der Waals surface area contributed by atoms with Crippen molar-refractivity contribution >= 4 is 28.5 Å². The van der Waals surface area contributed by atoms with Crippen molar-refractivity contribution in [2.24, 2.45) is 0 Å². The molecule has 1 amide bonds. The highest BCUT2D eigenvalue weighted by Gasteiger charge is 2.11. The molecule has 1 heterocycles. The Kier molecular flexibility index (Phi) is 10.9. The summed E-state index contributed by atoms with van der Waals surface area (Å²) < 4.78 is 14.0. The minimum Gasteiger partial charge on any atom is -0.494 e. The van der Waals surface area contributed by atoms with Gasteiger partial charge in [-0.2, -0.15) is 0 Å². The van der Waals surface area contributed by atoms with Crippen LogP contribution < -0.4 is 14.8 Å². The van der Waals surface area contributed by atoms with Gasteiger partial charge in [0.2, 0.25) is 0 Å². The van der Waals surface area contributed by atoms with Crippen molar-refractivity contribution in [3.05, 3.63) is 88.2 Å². The molecule has 6 nitrogen and oxygen atoms in total. The molecular weight excluding hydrogens is 522 g/mol. The number of hydrogen-bond acceptors (Lipinski definition) is 4. The molecule has 1 aromatic heterocycles. The molecule has 4 rings (SSSR count). The molecule has 0 aliphatic rings. The molecule has 40 heavy (non-hydrogen) atoms. The molecule has 0 bridgehead atoms. The summed E-state index contributed by atoms with van der Waals surface area (Å²) in [5.74, 6) is 2.67. The lowest BCUT2D eigenvalue weighted by molar-refractivity contribution is -0.123. The summed E-state index contributed by atoms with van der Waals surface area (Å²) >= 11 is 6.11. The number of aryl methyl sites for hydroxylation is 5. The van der Waals surface area contributed by atoms with Crippen LogP contribution in [-0.4, -0.2) is 35.2 Å². The van der Waals surface area contributed by atoms with Crippen LogP contribution in [0, 0.1) is 20.8 Å². The zero-order chi connectivity index (χ0) is 28.3. The Morgan fingerprint density at radius 2 is 1.75 bits per heavy atom. The number of halogens is 1. The van der Waals surface area contributed by atoms with Gasteiger partial charge in [-0.25, -0.2) is 4.98 Å². The first-order chi connectivity index (χ1) is 19.4. The van der Waals surface area contributed by atoms with Crippen molar-refractivity contribution in [2.45, 2.75) is 65.8 Å². The molecule has 0 unspecified atom stereocenters. The number of carbonyl (C=O) groups excluding carboxylic acids is 1. The fraction of sp³-hybridized carbons (Fsp3) is 0.394. The van der Waals surface area contributed by atoms with Gasteiger partial charge >= 0.3 is 0 Å². The number of benzene rings is 3. The van der Waals surface area contributed by atoms with Gasteiger partial charge in [-0.15, -0.1) is 0 Å². The van der Waals surface area contributed by atoms with Crippen molar-refractivity contribution < 1.29 is 14.3 Å². The lowest BCUT2D eigenvalue weighted by Crippen LogP contribution is -2.29. The molecule has 0 spiro atoms. The molecule has 4 aromatic rings. The van der Waals surface area contributed by atoms with Crippen molar-refractivity contribution in [3.63, 3.8) is 0 Å². The Balaban J connectivity index is 1.17. The fourth-order valence-electron chi connectivity index (χ4n) is 4.70. The van der Waals surface area contributed by atoms with E-state index in [1.54, 1.807) is 0 Å². The number of para-hydroxylation sites is 2. The summed E-state index contributed by atoms with van der Waals surface area (Å²) in [4.78, 5) is 17.1. The van der Waals surface area contributed by atoms with E-state index in [9.17, 15) is 4.79 Å². The average Bonchev–Trinajstić information content (AvgIpc) is 3.30. The third kappa shape index (κ3) is 8.49. The number of nitrogens with zero attached hydrogens (tertiary/aromatic N) is 2. The van der Waals surface area contributed by atoms with E-state index in [2.05, 4.69) is 28.1 Å². The van der Waals surface area contributed by atoms with Crippen LogP contribution in [-0.2, 0) is 17.8 Å². The van der Waals surface area contributed by atoms with Gasteiger partial charge in [-0.1, -0.05) is 42.3 Å². The van der Waals surface area contributed by atoms with Crippen LogP contribution >= 0.6 is 11.6 Å². The van der Waals surface area contributed by atoms with Crippen LogP contribution in [0.25, 0.3) is 11.0 Å². The van der Waals surface area contributed by atoms with E-state index in [1.165, 1.54) is 5.52 Å². The second-order valence-electron chi connectivity index (χ2n) is 10.4. The van der Waals surface area contributed by atoms with Gasteiger partial charge < -0.3 is 19.4 Å². The third-order valence-electron chi connectivity index (χ3n) is 7.01. The van der Waals surface area contributed by atoms with Crippen LogP contribution in [0.4, 0.5) is 0 Å². The second kappa shape index (κ2) is 14.8. The number of rotatable bonds is 15. The first kappa shape index (κ1) is 29.5. The number of aromatic nitrogens is 2. The molecule has 1 N–H and O–H groups in total. The second-order valence-corrected chi connectivity index (χ2v) is 10.8. The Morgan fingerprint density at radius 3 is 2.60 bits per heavy atom. The summed E-state index contributed by atoms with van der Waals surface area (Å²) in [5.41, 5.74) is 5.40. The normalized spacial score (nSPS) is 11.1. The first-order valence-corrected chi connectivity index (χ1v) is 14.6. The largest absolute Gasteiger partial charge is 0.494 e. The lowest BCUT2D eigenvalue weighted by atomic mass is 10.1. The smallest absolute Gasteiger partial charge is 0.257 e. The average molecular weight is 562 g/mol. The van der Waals surface area contributed by atoms with Crippen molar-refractivity contribution in [3.8, 4) is 11.5 Å². The molecule has 0 fully saturated rings. The quantitative estimate of drug-likeness (QED) is 0.154. The molecule has 0 aliphatic carbocycles. The van der Waals surface area contributed by atoms with E-state index in [1.807, 2.05) is 63.2 Å². The molecule has 0 atom stereocenters. The molecule has 3 aromatic carbocycles. The molecule has 0 saturated carbocycles. The van der Waals surface area contributed by atoms with Gasteiger partial charge in [0.1, 0.15) is 17.3 Å². The minimum atomic E-state index is -0.0853.